The summed E-state index contributed by atoms with van der Waals surface area (Å²) in [4.78, 5) is 23.5. The van der Waals surface area contributed by atoms with Crippen LogP contribution in [-0.2, 0) is 4.79 Å². The number of nitrogens with two attached hydrogens (primary N) is 1. The number of benzene rings is 2. The molecular weight excluding hydrogens is 294 g/mol. The zero-order valence-corrected chi connectivity index (χ0v) is 12.5. The average molecular weight is 309 g/mol. The Kier molecular flexibility index (Phi) is 3.85. The van der Waals surface area contributed by atoms with E-state index in [2.05, 4.69) is 0 Å². The van der Waals surface area contributed by atoms with Crippen LogP contribution in [-0.4, -0.2) is 12.5 Å². The summed E-state index contributed by atoms with van der Waals surface area (Å²) in [5, 5.41) is 0.459. The maximum Gasteiger partial charge on any atom is 0.255 e. The highest BCUT2D eigenvalue weighted by atomic mass is 16.5. The number of fused-ring (bicyclic) bond motifs is 1. The lowest BCUT2D eigenvalue weighted by Gasteiger charge is -2.08. The molecule has 1 heterocycles. The molecule has 5 heteroatoms. The number of aryl methyl sites for hydroxylation is 1. The highest BCUT2D eigenvalue weighted by Gasteiger charge is 2.14. The van der Waals surface area contributed by atoms with Gasteiger partial charge < -0.3 is 14.9 Å². The molecule has 0 spiro atoms. The van der Waals surface area contributed by atoms with Crippen LogP contribution in [0.1, 0.15) is 5.76 Å². The third-order valence-electron chi connectivity index (χ3n) is 3.48. The maximum atomic E-state index is 12.8. The van der Waals surface area contributed by atoms with Crippen LogP contribution < -0.4 is 15.9 Å². The molecule has 0 aliphatic heterocycles. The van der Waals surface area contributed by atoms with Crippen LogP contribution >= 0.6 is 0 Å². The second-order valence-corrected chi connectivity index (χ2v) is 5.14. The van der Waals surface area contributed by atoms with E-state index in [9.17, 15) is 9.59 Å². The summed E-state index contributed by atoms with van der Waals surface area (Å²) in [5.41, 5.74) is 6.72. The standard InChI is InChI=1S/C18H15NO4/c1-11-17(12-5-3-2-4-6-12)18(21)14-8-7-13(9-15(14)23-11)22-10-16(19)20/h2-9H,10H2,1H3,(H2,19,20). The summed E-state index contributed by atoms with van der Waals surface area (Å²) in [6.45, 7) is 1.52. The van der Waals surface area contributed by atoms with Crippen LogP contribution in [0.2, 0.25) is 0 Å². The summed E-state index contributed by atoms with van der Waals surface area (Å²) in [7, 11) is 0. The van der Waals surface area contributed by atoms with Gasteiger partial charge in [-0.05, 0) is 24.6 Å². The largest absolute Gasteiger partial charge is 0.484 e. The second kappa shape index (κ2) is 5.96. The van der Waals surface area contributed by atoms with Gasteiger partial charge in [0.2, 0.25) is 5.43 Å². The van der Waals surface area contributed by atoms with Gasteiger partial charge in [-0.3, -0.25) is 9.59 Å². The Hall–Kier alpha value is -3.08. The molecule has 0 saturated carbocycles. The monoisotopic (exact) mass is 309 g/mol. The van der Waals surface area contributed by atoms with E-state index >= 15 is 0 Å². The summed E-state index contributed by atoms with van der Waals surface area (Å²) in [6.07, 6.45) is 0. The van der Waals surface area contributed by atoms with Crippen molar-refractivity contribution in [2.24, 2.45) is 5.73 Å². The Morgan fingerprint density at radius 1 is 1.17 bits per heavy atom. The fourth-order valence-electron chi connectivity index (χ4n) is 2.47. The predicted octanol–water partition coefficient (Wildman–Crippen LogP) is 2.63. The van der Waals surface area contributed by atoms with Gasteiger partial charge in [0.15, 0.2) is 6.61 Å². The van der Waals surface area contributed by atoms with Gasteiger partial charge >= 0.3 is 0 Å². The molecule has 2 aromatic carbocycles. The number of primary amides is 1. The minimum absolute atomic E-state index is 0.101. The van der Waals surface area contributed by atoms with Crippen molar-refractivity contribution < 1.29 is 13.9 Å². The summed E-state index contributed by atoms with van der Waals surface area (Å²) < 4.78 is 11.0. The van der Waals surface area contributed by atoms with Gasteiger partial charge in [-0.15, -0.1) is 0 Å². The van der Waals surface area contributed by atoms with Crippen molar-refractivity contribution in [3.05, 3.63) is 64.5 Å². The van der Waals surface area contributed by atoms with Crippen molar-refractivity contribution in [3.8, 4) is 16.9 Å². The smallest absolute Gasteiger partial charge is 0.255 e. The third kappa shape index (κ3) is 2.94. The van der Waals surface area contributed by atoms with E-state index in [4.69, 9.17) is 14.9 Å². The topological polar surface area (TPSA) is 82.5 Å². The minimum atomic E-state index is -0.567. The van der Waals surface area contributed by atoms with E-state index in [1.54, 1.807) is 25.1 Å². The molecule has 1 aromatic heterocycles. The van der Waals surface area contributed by atoms with E-state index in [1.165, 1.54) is 0 Å². The number of carbonyl (C=O) groups is 1. The quantitative estimate of drug-likeness (QED) is 0.803. The van der Waals surface area contributed by atoms with Crippen LogP contribution in [0.3, 0.4) is 0 Å². The first kappa shape index (κ1) is 14.8. The number of hydrogen-bond donors (Lipinski definition) is 1. The molecule has 0 aliphatic carbocycles. The highest BCUT2D eigenvalue weighted by Crippen LogP contribution is 2.26. The lowest BCUT2D eigenvalue weighted by Crippen LogP contribution is -2.20. The average Bonchev–Trinajstić information content (AvgIpc) is 2.53. The summed E-state index contributed by atoms with van der Waals surface area (Å²) in [5.74, 6) is 0.384. The lowest BCUT2D eigenvalue weighted by atomic mass is 10.0. The Balaban J connectivity index is 2.12. The Labute approximate surface area is 132 Å². The molecule has 1 amide bonds. The molecule has 0 fully saturated rings. The fourth-order valence-corrected chi connectivity index (χ4v) is 2.47. The van der Waals surface area contributed by atoms with Crippen molar-refractivity contribution in [1.29, 1.82) is 0 Å². The van der Waals surface area contributed by atoms with Gasteiger partial charge in [0.1, 0.15) is 17.1 Å². The molecule has 3 aromatic rings. The first-order valence-corrected chi connectivity index (χ1v) is 7.10. The molecule has 116 valence electrons. The van der Waals surface area contributed by atoms with E-state index < -0.39 is 5.91 Å². The SMILES string of the molecule is Cc1oc2cc(OCC(N)=O)ccc2c(=O)c1-c1ccccc1. The molecule has 3 rings (SSSR count). The molecule has 0 bridgehead atoms. The second-order valence-electron chi connectivity index (χ2n) is 5.14. The summed E-state index contributed by atoms with van der Waals surface area (Å²) in [6, 6.07) is 14.2. The van der Waals surface area contributed by atoms with Crippen molar-refractivity contribution in [2.75, 3.05) is 6.61 Å². The van der Waals surface area contributed by atoms with Gasteiger partial charge in [0.05, 0.1) is 10.9 Å². The Morgan fingerprint density at radius 2 is 1.91 bits per heavy atom. The lowest BCUT2D eigenvalue weighted by molar-refractivity contribution is -0.119. The van der Waals surface area contributed by atoms with Crippen molar-refractivity contribution in [3.63, 3.8) is 0 Å². The zero-order valence-electron chi connectivity index (χ0n) is 12.5. The number of amides is 1. The number of rotatable bonds is 4. The first-order chi connectivity index (χ1) is 11.1. The van der Waals surface area contributed by atoms with Crippen LogP contribution in [0.15, 0.2) is 57.7 Å². The van der Waals surface area contributed by atoms with E-state index in [0.717, 1.165) is 5.56 Å². The zero-order chi connectivity index (χ0) is 16.4. The molecular formula is C18H15NO4. The Morgan fingerprint density at radius 3 is 2.61 bits per heavy atom. The number of hydrogen-bond acceptors (Lipinski definition) is 4. The predicted molar refractivity (Wildman–Crippen MR) is 87.3 cm³/mol. The summed E-state index contributed by atoms with van der Waals surface area (Å²) >= 11 is 0. The van der Waals surface area contributed by atoms with Crippen LogP contribution in [0.5, 0.6) is 5.75 Å². The first-order valence-electron chi connectivity index (χ1n) is 7.10. The molecule has 0 unspecified atom stereocenters. The molecule has 0 atom stereocenters. The highest BCUT2D eigenvalue weighted by molar-refractivity contribution is 5.84. The van der Waals surface area contributed by atoms with Crippen molar-refractivity contribution in [2.45, 2.75) is 6.92 Å². The molecule has 23 heavy (non-hydrogen) atoms. The van der Waals surface area contributed by atoms with Gasteiger partial charge in [-0.2, -0.15) is 0 Å². The minimum Gasteiger partial charge on any atom is -0.484 e. The number of ether oxygens (including phenoxy) is 1. The third-order valence-corrected chi connectivity index (χ3v) is 3.48. The number of carbonyl (C=O) groups excluding carboxylic acids is 1. The fraction of sp³-hybridized carbons (Fsp3) is 0.111. The maximum absolute atomic E-state index is 12.8. The van der Waals surface area contributed by atoms with Crippen molar-refractivity contribution in [1.82, 2.24) is 0 Å². The van der Waals surface area contributed by atoms with Crippen LogP contribution in [0.25, 0.3) is 22.1 Å². The van der Waals surface area contributed by atoms with Gasteiger partial charge in [-0.1, -0.05) is 30.3 Å². The molecule has 2 N–H and O–H groups in total. The van der Waals surface area contributed by atoms with Crippen molar-refractivity contribution >= 4 is 16.9 Å². The van der Waals surface area contributed by atoms with E-state index in [0.29, 0.717) is 28.0 Å². The molecule has 0 radical (unpaired) electrons. The van der Waals surface area contributed by atoms with Gasteiger partial charge in [-0.25, -0.2) is 0 Å². The van der Waals surface area contributed by atoms with Crippen LogP contribution in [0, 0.1) is 6.92 Å². The van der Waals surface area contributed by atoms with E-state index in [-0.39, 0.29) is 12.0 Å². The van der Waals surface area contributed by atoms with E-state index in [1.807, 2.05) is 30.3 Å². The van der Waals surface area contributed by atoms with Gasteiger partial charge in [0, 0.05) is 6.07 Å². The normalized spacial score (nSPS) is 10.7. The molecule has 0 saturated heterocycles. The molecule has 5 nitrogen and oxygen atoms in total. The Bertz CT molecular complexity index is 929. The van der Waals surface area contributed by atoms with Crippen LogP contribution in [0.4, 0.5) is 0 Å². The molecule has 0 aliphatic rings. The van der Waals surface area contributed by atoms with Gasteiger partial charge in [0.25, 0.3) is 5.91 Å².